The van der Waals surface area contributed by atoms with Crippen molar-refractivity contribution in [3.05, 3.63) is 35.4 Å². The molecule has 16 heavy (non-hydrogen) atoms. The van der Waals surface area contributed by atoms with Crippen LogP contribution in [0, 0.1) is 11.6 Å². The van der Waals surface area contributed by atoms with Crippen molar-refractivity contribution >= 4 is 0 Å². The molecule has 0 aliphatic heterocycles. The Morgan fingerprint density at radius 1 is 1.19 bits per heavy atom. The maximum atomic E-state index is 13.7. The van der Waals surface area contributed by atoms with Crippen LogP contribution in [0.25, 0.3) is 0 Å². The monoisotopic (exact) mass is 226 g/mol. The van der Waals surface area contributed by atoms with Gasteiger partial charge in [-0.2, -0.15) is 0 Å². The molecule has 1 saturated carbocycles. The number of rotatable bonds is 2. The van der Waals surface area contributed by atoms with Gasteiger partial charge in [0.05, 0.1) is 6.10 Å². The van der Waals surface area contributed by atoms with E-state index in [1.807, 2.05) is 0 Å². The topological polar surface area (TPSA) is 9.23 Å². The van der Waals surface area contributed by atoms with Gasteiger partial charge in [-0.3, -0.25) is 0 Å². The molecular formula is C13H16F2O. The van der Waals surface area contributed by atoms with E-state index >= 15 is 0 Å². The maximum Gasteiger partial charge on any atom is 0.162 e. The molecule has 2 atom stereocenters. The van der Waals surface area contributed by atoms with Crippen LogP contribution < -0.4 is 0 Å². The summed E-state index contributed by atoms with van der Waals surface area (Å²) in [4.78, 5) is 0. The fraction of sp³-hybridized carbons (Fsp3) is 0.538. The second kappa shape index (κ2) is 4.91. The summed E-state index contributed by atoms with van der Waals surface area (Å²) in [5.74, 6) is -1.48. The lowest BCUT2D eigenvalue weighted by atomic mass is 9.81. The number of halogens is 2. The Kier molecular flexibility index (Phi) is 3.54. The highest BCUT2D eigenvalue weighted by Crippen LogP contribution is 2.36. The van der Waals surface area contributed by atoms with Crippen LogP contribution in [-0.4, -0.2) is 13.2 Å². The van der Waals surface area contributed by atoms with Crippen molar-refractivity contribution < 1.29 is 13.5 Å². The largest absolute Gasteiger partial charge is 0.381 e. The molecule has 2 unspecified atom stereocenters. The second-order valence-corrected chi connectivity index (χ2v) is 4.31. The smallest absolute Gasteiger partial charge is 0.162 e. The summed E-state index contributed by atoms with van der Waals surface area (Å²) >= 11 is 0. The van der Waals surface area contributed by atoms with Crippen LogP contribution in [0.1, 0.15) is 37.2 Å². The first-order chi connectivity index (χ1) is 7.74. The summed E-state index contributed by atoms with van der Waals surface area (Å²) in [6, 6.07) is 4.39. The van der Waals surface area contributed by atoms with Crippen molar-refractivity contribution in [3.63, 3.8) is 0 Å². The van der Waals surface area contributed by atoms with Crippen molar-refractivity contribution in [1.82, 2.24) is 0 Å². The van der Waals surface area contributed by atoms with Gasteiger partial charge in [-0.15, -0.1) is 0 Å². The lowest BCUT2D eigenvalue weighted by Gasteiger charge is -2.30. The highest BCUT2D eigenvalue weighted by Gasteiger charge is 2.29. The van der Waals surface area contributed by atoms with Gasteiger partial charge in [-0.25, -0.2) is 8.78 Å². The van der Waals surface area contributed by atoms with E-state index in [9.17, 15) is 8.78 Å². The van der Waals surface area contributed by atoms with E-state index in [0.29, 0.717) is 5.56 Å². The molecule has 1 aromatic carbocycles. The third-order valence-corrected chi connectivity index (χ3v) is 3.39. The molecule has 1 aromatic rings. The zero-order valence-corrected chi connectivity index (χ0v) is 9.38. The number of methoxy groups -OCH3 is 1. The molecule has 0 bridgehead atoms. The molecule has 1 nitrogen and oxygen atoms in total. The molecule has 0 radical (unpaired) electrons. The Bertz CT molecular complexity index is 365. The van der Waals surface area contributed by atoms with Gasteiger partial charge < -0.3 is 4.74 Å². The molecule has 1 aliphatic carbocycles. The summed E-state index contributed by atoms with van der Waals surface area (Å²) in [7, 11) is 1.64. The average molecular weight is 226 g/mol. The quantitative estimate of drug-likeness (QED) is 0.748. The van der Waals surface area contributed by atoms with Crippen LogP contribution >= 0.6 is 0 Å². The molecule has 88 valence electrons. The number of hydrogen-bond donors (Lipinski definition) is 0. The van der Waals surface area contributed by atoms with Crippen molar-refractivity contribution in [2.24, 2.45) is 0 Å². The molecule has 2 rings (SSSR count). The van der Waals surface area contributed by atoms with Crippen molar-refractivity contribution in [2.45, 2.75) is 37.7 Å². The summed E-state index contributed by atoms with van der Waals surface area (Å²) in [6.45, 7) is 0. The minimum atomic E-state index is -0.766. The van der Waals surface area contributed by atoms with E-state index < -0.39 is 11.6 Å². The molecule has 0 heterocycles. The van der Waals surface area contributed by atoms with Crippen LogP contribution in [-0.2, 0) is 4.74 Å². The van der Waals surface area contributed by atoms with Gasteiger partial charge in [0.25, 0.3) is 0 Å². The molecule has 0 amide bonds. The van der Waals surface area contributed by atoms with Gasteiger partial charge >= 0.3 is 0 Å². The zero-order valence-electron chi connectivity index (χ0n) is 9.38. The maximum absolute atomic E-state index is 13.7. The SMILES string of the molecule is COC1CCCCC1c1cccc(F)c1F. The van der Waals surface area contributed by atoms with Crippen LogP contribution in [0.4, 0.5) is 8.78 Å². The lowest BCUT2D eigenvalue weighted by molar-refractivity contribution is 0.0511. The van der Waals surface area contributed by atoms with Crippen molar-refractivity contribution in [1.29, 1.82) is 0 Å². The van der Waals surface area contributed by atoms with E-state index in [1.165, 1.54) is 0 Å². The highest BCUT2D eigenvalue weighted by molar-refractivity contribution is 5.24. The Morgan fingerprint density at radius 2 is 1.94 bits per heavy atom. The molecule has 3 heteroatoms. The first-order valence-electron chi connectivity index (χ1n) is 5.70. The lowest BCUT2D eigenvalue weighted by Crippen LogP contribution is -2.25. The molecule has 0 spiro atoms. The second-order valence-electron chi connectivity index (χ2n) is 4.31. The third-order valence-electron chi connectivity index (χ3n) is 3.39. The number of ether oxygens (including phenoxy) is 1. The first kappa shape index (κ1) is 11.5. The van der Waals surface area contributed by atoms with Gasteiger partial charge in [0.15, 0.2) is 11.6 Å². The van der Waals surface area contributed by atoms with Crippen LogP contribution in [0.2, 0.25) is 0 Å². The standard InChI is InChI=1S/C13H16F2O/c1-16-12-8-3-2-5-9(12)10-6-4-7-11(14)13(10)15/h4,6-7,9,12H,2-3,5,8H2,1H3. The fourth-order valence-electron chi connectivity index (χ4n) is 2.54. The Labute approximate surface area is 94.4 Å². The Balaban J connectivity index is 2.30. The van der Waals surface area contributed by atoms with Crippen molar-refractivity contribution in [3.8, 4) is 0 Å². The van der Waals surface area contributed by atoms with Crippen LogP contribution in [0.3, 0.4) is 0 Å². The molecular weight excluding hydrogens is 210 g/mol. The Morgan fingerprint density at radius 3 is 2.69 bits per heavy atom. The van der Waals surface area contributed by atoms with E-state index in [-0.39, 0.29) is 12.0 Å². The van der Waals surface area contributed by atoms with Crippen LogP contribution in [0.5, 0.6) is 0 Å². The minimum absolute atomic E-state index is 0.00514. The molecule has 1 fully saturated rings. The third kappa shape index (κ3) is 2.09. The van der Waals surface area contributed by atoms with E-state index in [1.54, 1.807) is 19.2 Å². The van der Waals surface area contributed by atoms with Gasteiger partial charge in [0.1, 0.15) is 0 Å². The number of benzene rings is 1. The van der Waals surface area contributed by atoms with E-state index in [2.05, 4.69) is 0 Å². The number of hydrogen-bond acceptors (Lipinski definition) is 1. The predicted octanol–water partition coefficient (Wildman–Crippen LogP) is 3.64. The first-order valence-corrected chi connectivity index (χ1v) is 5.70. The average Bonchev–Trinajstić information content (AvgIpc) is 2.33. The van der Waals surface area contributed by atoms with Crippen molar-refractivity contribution in [2.75, 3.05) is 7.11 Å². The van der Waals surface area contributed by atoms with Gasteiger partial charge in [0.2, 0.25) is 0 Å². The van der Waals surface area contributed by atoms with Gasteiger partial charge in [-0.1, -0.05) is 25.0 Å². The molecule has 0 N–H and O–H groups in total. The summed E-state index contributed by atoms with van der Waals surface area (Å²) in [5.41, 5.74) is 0.464. The summed E-state index contributed by atoms with van der Waals surface area (Å²) in [6.07, 6.45) is 3.98. The highest BCUT2D eigenvalue weighted by atomic mass is 19.2. The normalized spacial score (nSPS) is 25.7. The molecule has 0 aromatic heterocycles. The minimum Gasteiger partial charge on any atom is -0.381 e. The summed E-state index contributed by atoms with van der Waals surface area (Å²) < 4.78 is 32.2. The van der Waals surface area contributed by atoms with E-state index in [4.69, 9.17) is 4.74 Å². The van der Waals surface area contributed by atoms with Gasteiger partial charge in [0, 0.05) is 13.0 Å². The summed E-state index contributed by atoms with van der Waals surface area (Å²) in [5, 5.41) is 0. The van der Waals surface area contributed by atoms with Gasteiger partial charge in [-0.05, 0) is 24.5 Å². The zero-order chi connectivity index (χ0) is 11.5. The predicted molar refractivity (Wildman–Crippen MR) is 58.4 cm³/mol. The fourth-order valence-corrected chi connectivity index (χ4v) is 2.54. The van der Waals surface area contributed by atoms with Crippen LogP contribution in [0.15, 0.2) is 18.2 Å². The molecule has 1 aliphatic rings. The Hall–Kier alpha value is -0.960. The molecule has 0 saturated heterocycles. The van der Waals surface area contributed by atoms with E-state index in [0.717, 1.165) is 31.7 Å².